The molecule has 0 aliphatic carbocycles. The van der Waals surface area contributed by atoms with Gasteiger partial charge in [0.25, 0.3) is 5.56 Å². The van der Waals surface area contributed by atoms with Crippen LogP contribution in [0.15, 0.2) is 29.3 Å². The first kappa shape index (κ1) is 19.8. The van der Waals surface area contributed by atoms with Gasteiger partial charge in [-0.3, -0.25) is 14.7 Å². The van der Waals surface area contributed by atoms with Crippen LogP contribution in [0.4, 0.5) is 5.82 Å². The van der Waals surface area contributed by atoms with Crippen LogP contribution in [0.3, 0.4) is 0 Å². The molecule has 3 rings (SSSR count). The first-order chi connectivity index (χ1) is 13.0. The van der Waals surface area contributed by atoms with Crippen LogP contribution < -0.4 is 10.5 Å². The number of halogens is 1. The Kier molecular flexibility index (Phi) is 6.50. The second kappa shape index (κ2) is 8.85. The van der Waals surface area contributed by atoms with E-state index in [9.17, 15) is 4.79 Å². The van der Waals surface area contributed by atoms with Crippen molar-refractivity contribution >= 4 is 17.4 Å². The largest absolute Gasteiger partial charge is 0.350 e. The first-order valence-corrected chi connectivity index (χ1v) is 10.1. The molecule has 0 bridgehead atoms. The summed E-state index contributed by atoms with van der Waals surface area (Å²) in [5, 5.41) is 0.172. The number of nitrogens with zero attached hydrogens (tertiary/aromatic N) is 4. The van der Waals surface area contributed by atoms with E-state index in [0.29, 0.717) is 23.6 Å². The number of aromatic amines is 1. The minimum Gasteiger partial charge on any atom is -0.350 e. The summed E-state index contributed by atoms with van der Waals surface area (Å²) < 4.78 is 0. The van der Waals surface area contributed by atoms with Gasteiger partial charge in [-0.1, -0.05) is 32.4 Å². The maximum absolute atomic E-state index is 12.5. The molecule has 0 aromatic carbocycles. The zero-order valence-corrected chi connectivity index (χ0v) is 17.0. The van der Waals surface area contributed by atoms with Crippen LogP contribution in [0.5, 0.6) is 0 Å². The SMILES string of the molecule is CCCN1CCN(c2nc(-c3ccncc3)[nH]c(=O)c2Cl)[C@@H](CC(C)C)C1. The zero-order chi connectivity index (χ0) is 19.4. The smallest absolute Gasteiger partial charge is 0.272 e. The Balaban J connectivity index is 1.97. The molecule has 7 heteroatoms. The molecular formula is C20H28ClN5O. The van der Waals surface area contributed by atoms with Gasteiger partial charge in [0, 0.05) is 43.6 Å². The summed E-state index contributed by atoms with van der Waals surface area (Å²) in [7, 11) is 0. The highest BCUT2D eigenvalue weighted by atomic mass is 35.5. The Morgan fingerprint density at radius 2 is 2.04 bits per heavy atom. The molecule has 1 aliphatic rings. The number of hydrogen-bond donors (Lipinski definition) is 1. The lowest BCUT2D eigenvalue weighted by molar-refractivity contribution is 0.209. The van der Waals surface area contributed by atoms with Gasteiger partial charge in [-0.05, 0) is 37.4 Å². The number of aromatic nitrogens is 3. The molecule has 1 N–H and O–H groups in total. The number of nitrogens with one attached hydrogen (secondary N) is 1. The summed E-state index contributed by atoms with van der Waals surface area (Å²) in [5.41, 5.74) is 0.526. The number of anilines is 1. The van der Waals surface area contributed by atoms with E-state index >= 15 is 0 Å². The van der Waals surface area contributed by atoms with Gasteiger partial charge in [0.05, 0.1) is 0 Å². The molecule has 6 nitrogen and oxygen atoms in total. The Labute approximate surface area is 165 Å². The van der Waals surface area contributed by atoms with Crippen LogP contribution in [0, 0.1) is 5.92 Å². The zero-order valence-electron chi connectivity index (χ0n) is 16.3. The van der Waals surface area contributed by atoms with E-state index < -0.39 is 0 Å². The van der Waals surface area contributed by atoms with E-state index in [0.717, 1.165) is 44.6 Å². The summed E-state index contributed by atoms with van der Waals surface area (Å²) >= 11 is 6.41. The molecule has 0 unspecified atom stereocenters. The predicted molar refractivity (Wildman–Crippen MR) is 110 cm³/mol. The van der Waals surface area contributed by atoms with Gasteiger partial charge >= 0.3 is 0 Å². The Hall–Kier alpha value is -1.92. The molecule has 1 atom stereocenters. The monoisotopic (exact) mass is 389 g/mol. The van der Waals surface area contributed by atoms with Crippen molar-refractivity contribution in [3.63, 3.8) is 0 Å². The molecule has 2 aromatic rings. The van der Waals surface area contributed by atoms with Crippen molar-refractivity contribution in [3.05, 3.63) is 39.9 Å². The van der Waals surface area contributed by atoms with Gasteiger partial charge in [0.15, 0.2) is 5.82 Å². The molecule has 146 valence electrons. The van der Waals surface area contributed by atoms with Crippen molar-refractivity contribution in [1.82, 2.24) is 19.9 Å². The molecule has 3 heterocycles. The molecule has 1 saturated heterocycles. The highest BCUT2D eigenvalue weighted by molar-refractivity contribution is 6.32. The average Bonchev–Trinajstić information content (AvgIpc) is 2.65. The van der Waals surface area contributed by atoms with Gasteiger partial charge in [0.2, 0.25) is 0 Å². The minimum absolute atomic E-state index is 0.172. The van der Waals surface area contributed by atoms with Crippen molar-refractivity contribution in [2.45, 2.75) is 39.7 Å². The lowest BCUT2D eigenvalue weighted by atomic mass is 9.99. The fourth-order valence-electron chi connectivity index (χ4n) is 3.75. The number of H-pyrrole nitrogens is 1. The van der Waals surface area contributed by atoms with Crippen molar-refractivity contribution in [1.29, 1.82) is 0 Å². The summed E-state index contributed by atoms with van der Waals surface area (Å²) in [5.74, 6) is 1.68. The van der Waals surface area contributed by atoms with E-state index in [1.807, 2.05) is 12.1 Å². The molecule has 1 aliphatic heterocycles. The average molecular weight is 390 g/mol. The minimum atomic E-state index is -0.298. The predicted octanol–water partition coefficient (Wildman–Crippen LogP) is 3.43. The molecule has 27 heavy (non-hydrogen) atoms. The quantitative estimate of drug-likeness (QED) is 0.819. The maximum Gasteiger partial charge on any atom is 0.272 e. The Morgan fingerprint density at radius 1 is 1.30 bits per heavy atom. The molecule has 0 radical (unpaired) electrons. The van der Waals surface area contributed by atoms with E-state index in [4.69, 9.17) is 16.6 Å². The second-order valence-electron chi connectivity index (χ2n) is 7.57. The van der Waals surface area contributed by atoms with Crippen LogP contribution in [0.25, 0.3) is 11.4 Å². The molecular weight excluding hydrogens is 362 g/mol. The topological polar surface area (TPSA) is 65.1 Å². The lowest BCUT2D eigenvalue weighted by Crippen LogP contribution is -2.54. The first-order valence-electron chi connectivity index (χ1n) is 9.68. The van der Waals surface area contributed by atoms with E-state index in [1.165, 1.54) is 0 Å². The molecule has 0 saturated carbocycles. The van der Waals surface area contributed by atoms with Gasteiger partial charge in [0.1, 0.15) is 10.8 Å². The molecule has 0 amide bonds. The van der Waals surface area contributed by atoms with Crippen molar-refractivity contribution in [2.24, 2.45) is 5.92 Å². The van der Waals surface area contributed by atoms with Crippen LogP contribution in [0.2, 0.25) is 5.02 Å². The van der Waals surface area contributed by atoms with Crippen LogP contribution in [0.1, 0.15) is 33.6 Å². The van der Waals surface area contributed by atoms with E-state index in [-0.39, 0.29) is 10.6 Å². The number of rotatable bonds is 6. The van der Waals surface area contributed by atoms with Crippen molar-refractivity contribution in [2.75, 3.05) is 31.1 Å². The van der Waals surface area contributed by atoms with Crippen LogP contribution in [-0.4, -0.2) is 52.1 Å². The third-order valence-electron chi connectivity index (χ3n) is 4.92. The summed E-state index contributed by atoms with van der Waals surface area (Å²) in [6.07, 6.45) is 5.56. The summed E-state index contributed by atoms with van der Waals surface area (Å²) in [6, 6.07) is 3.96. The fourth-order valence-corrected chi connectivity index (χ4v) is 3.95. The van der Waals surface area contributed by atoms with E-state index in [1.54, 1.807) is 12.4 Å². The Bertz CT molecular complexity index is 808. The van der Waals surface area contributed by atoms with Crippen LogP contribution >= 0.6 is 11.6 Å². The molecule has 0 spiro atoms. The number of pyridine rings is 1. The standard InChI is InChI=1S/C20H28ClN5O/c1-4-9-25-10-11-26(16(13-25)12-14(2)3)19-17(21)20(27)24-18(23-19)15-5-7-22-8-6-15/h5-8,14,16H,4,9-13H2,1-3H3,(H,23,24,27)/t16-/m0/s1. The lowest BCUT2D eigenvalue weighted by Gasteiger charge is -2.43. The van der Waals surface area contributed by atoms with Gasteiger partial charge < -0.3 is 9.88 Å². The van der Waals surface area contributed by atoms with E-state index in [2.05, 4.69) is 40.5 Å². The summed E-state index contributed by atoms with van der Waals surface area (Å²) in [6.45, 7) is 10.5. The fraction of sp³-hybridized carbons (Fsp3) is 0.550. The van der Waals surface area contributed by atoms with Gasteiger partial charge in [-0.25, -0.2) is 4.98 Å². The molecule has 2 aromatic heterocycles. The highest BCUT2D eigenvalue weighted by Crippen LogP contribution is 2.28. The van der Waals surface area contributed by atoms with Crippen molar-refractivity contribution < 1.29 is 0 Å². The van der Waals surface area contributed by atoms with Gasteiger partial charge in [-0.15, -0.1) is 0 Å². The van der Waals surface area contributed by atoms with Crippen molar-refractivity contribution in [3.8, 4) is 11.4 Å². The number of piperazine rings is 1. The van der Waals surface area contributed by atoms with Crippen LogP contribution in [-0.2, 0) is 0 Å². The second-order valence-corrected chi connectivity index (χ2v) is 7.94. The Morgan fingerprint density at radius 3 is 2.70 bits per heavy atom. The maximum atomic E-state index is 12.5. The van der Waals surface area contributed by atoms with Gasteiger partial charge in [-0.2, -0.15) is 0 Å². The highest BCUT2D eigenvalue weighted by Gasteiger charge is 2.30. The summed E-state index contributed by atoms with van der Waals surface area (Å²) in [4.78, 5) is 28.8. The number of hydrogen-bond acceptors (Lipinski definition) is 5. The molecule has 1 fully saturated rings. The third-order valence-corrected chi connectivity index (χ3v) is 5.26. The normalized spacial score (nSPS) is 18.3. The third kappa shape index (κ3) is 4.68.